The average Bonchev–Trinajstić information content (AvgIpc) is 0.768. The van der Waals surface area contributed by atoms with Crippen molar-refractivity contribution in [3.8, 4) is 297 Å². The number of esters is 1. The predicted octanol–water partition coefficient (Wildman–Crippen LogP) is 15.1. The molecule has 714 valence electrons. The molecule has 14 atom stereocenters. The molecule has 6 N–H and O–H groups in total. The zero-order valence-electron chi connectivity index (χ0n) is 70.0. The number of amides is 1. The molecule has 2 saturated heterocycles. The average molecular weight is 1770 g/mol. The summed E-state index contributed by atoms with van der Waals surface area (Å²) < 4.78 is 30.1. The minimum absolute atomic E-state index is 0. The summed E-state index contributed by atoms with van der Waals surface area (Å²) in [4.78, 5) is 66.0. The molecule has 0 aromatic heterocycles. The number of ether oxygens (including phenoxy) is 5. The Kier molecular flexibility index (Phi) is 57.4. The summed E-state index contributed by atoms with van der Waals surface area (Å²) in [6.07, 6.45) is 23.8. The molecule has 0 radical (unpaired) electrons. The summed E-state index contributed by atoms with van der Waals surface area (Å²) in [5.74, 6) is 111. The molecule has 126 heavy (non-hydrogen) atoms. The van der Waals surface area contributed by atoms with E-state index >= 15 is 0 Å². The Balaban J connectivity index is -0.0000000441. The number of nitrogens with one attached hydrogen (secondary N) is 1. The van der Waals surface area contributed by atoms with Crippen molar-refractivity contribution in [1.82, 2.24) is 10.5 Å². The number of nitrogens with zero attached hydrogens (tertiary/aromatic N) is 1. The van der Waals surface area contributed by atoms with Crippen LogP contribution in [0.5, 0.6) is 0 Å². The predicted molar refractivity (Wildman–Crippen MR) is 534 cm³/mol. The number of aliphatic hydroxyl groups is 3. The van der Waals surface area contributed by atoms with Crippen molar-refractivity contribution in [2.45, 2.75) is 192 Å². The van der Waals surface area contributed by atoms with Crippen LogP contribution in [0.15, 0.2) is 35.5 Å². The van der Waals surface area contributed by atoms with Crippen LogP contribution in [0.4, 0.5) is 0 Å². The summed E-state index contributed by atoms with van der Waals surface area (Å²) in [6.45, 7) is 9.43. The zero-order chi connectivity index (χ0) is 91.7. The molecule has 0 aromatic carbocycles. The van der Waals surface area contributed by atoms with Gasteiger partial charge in [0.25, 0.3) is 11.7 Å². The van der Waals surface area contributed by atoms with E-state index in [4.69, 9.17) is 47.0 Å². The first-order valence-corrected chi connectivity index (χ1v) is 38.4. The van der Waals surface area contributed by atoms with Gasteiger partial charge in [-0.3, -0.25) is 14.4 Å². The number of allylic oxidation sites excluding steroid dienone is 5. The second-order valence-corrected chi connectivity index (χ2v) is 26.7. The van der Waals surface area contributed by atoms with Crippen molar-refractivity contribution >= 4 is 23.4 Å². The molecule has 4 fully saturated rings. The van der Waals surface area contributed by atoms with Crippen LogP contribution in [0.1, 0.15) is 192 Å². The lowest BCUT2D eigenvalue weighted by atomic mass is 9.81. The molecule has 0 unspecified atom stereocenters. The molecule has 0 spiro atoms. The first kappa shape index (κ1) is 106. The third-order valence-corrected chi connectivity index (χ3v) is 18.2. The van der Waals surface area contributed by atoms with Gasteiger partial charge >= 0.3 is 5.97 Å². The summed E-state index contributed by atoms with van der Waals surface area (Å²) in [6, 6.07) is -1.14. The highest BCUT2D eigenvalue weighted by atomic mass is 17.9. The van der Waals surface area contributed by atoms with Crippen molar-refractivity contribution in [2.75, 3.05) is 27.9 Å². The Morgan fingerprint density at radius 3 is 1.32 bits per heavy atom. The normalized spacial score (nSPS) is 22.7. The summed E-state index contributed by atoms with van der Waals surface area (Å²) in [5, 5.41) is 75.4. The molecule has 3 heterocycles. The number of carbonyl (C=O) groups is 4. The second-order valence-electron chi connectivity index (χ2n) is 26.7. The Bertz CT molecular complexity index is 5500. The lowest BCUT2D eigenvalue weighted by Crippen LogP contribution is -2.64. The Morgan fingerprint density at radius 1 is 0.508 bits per heavy atom. The molecular formula is C100H160N2O24. The fraction of sp³-hybridized carbons (Fsp3) is 0.400. The fourth-order valence-electron chi connectivity index (χ4n) is 12.6. The van der Waals surface area contributed by atoms with Crippen molar-refractivity contribution in [3.63, 3.8) is 0 Å². The van der Waals surface area contributed by atoms with Gasteiger partial charge in [-0.2, -0.15) is 0 Å². The number of Topliss-reactive ketones (excluding diaryl/α,β-unsaturated/α-hetero) is 2. The maximum absolute atomic E-state index is 14.5. The lowest BCUT2D eigenvalue weighted by molar-refractivity contribution is -0.792. The van der Waals surface area contributed by atoms with Crippen molar-refractivity contribution in [1.29, 1.82) is 0 Å². The number of methoxy groups -OCH3 is 3. The standard InChI is InChI=1S/C50H79NO12.C50H2.H3NO12.38H2/c1-30-23-31(2)25-43(60-7)46-44(61-8)27-33(4)50(58,63-46)47(55)48(56)51-22-13-12-19-38(51)49(57)62-45(32(3)26-36-20-21-39(52)42(28-36)59-6)34(5)40(53)29-41(54)37(24-30)18-14-17-35-15-10-9-11-16-35;1-3-5-7-9-11-13-15-17-19-21-23-25-27-29-31-33-35-37-39-41-43-45-47-49-50-48-46-44-42-40-38-36-34-32-30-28-26-24-22-20-18-16-14-12-10-8-6-4-2;2-6-10-12-8-4-1-5-9-13-11-7-3;;;;;;;;;;;;;;;;;;;;;;;;;;;;;;;;;;;;;;/h14,17,24,26,31,33-40,42-46,52-53,58H,9-13,15-16,18-23,25,27-29H2,1-8H3;1-2H;1-3H;38*1H/b17-14+,30-24+,32-26+;;;;;;;;;;;;;;;;;;;;;;;;;;;;;;;;;;;;;;;;/t31-,33+,34+,36-,37+,38-,39+,40-,42+,43-,44-,45+,46+,50+;;;;;;;;;;;;;;;;;;;;;;;;;;;;;;;;;;;;;;;;/m0......................................../s1. The zero-order valence-corrected chi connectivity index (χ0v) is 70.0. The Hall–Kier alpha value is -14.3. The van der Waals surface area contributed by atoms with E-state index in [0.29, 0.717) is 62.9 Å². The lowest BCUT2D eigenvalue weighted by Gasteiger charge is -2.47. The van der Waals surface area contributed by atoms with E-state index in [1.807, 2.05) is 26.0 Å². The topological polar surface area (TPSA) is 323 Å². The molecule has 5 rings (SSSR count). The van der Waals surface area contributed by atoms with Gasteiger partial charge in [0, 0.05) is 296 Å². The fourth-order valence-corrected chi connectivity index (χ4v) is 12.6. The number of hydrogen-bond donors (Lipinski definition) is 6. The van der Waals surface area contributed by atoms with E-state index in [0.717, 1.165) is 18.4 Å². The van der Waals surface area contributed by atoms with Gasteiger partial charge in [-0.05, 0) is 255 Å². The minimum atomic E-state index is -2.51. The molecule has 3 aliphatic heterocycles. The highest BCUT2D eigenvalue weighted by Gasteiger charge is 2.57. The Labute approximate surface area is 793 Å². The van der Waals surface area contributed by atoms with Crippen molar-refractivity contribution in [3.05, 3.63) is 35.5 Å². The largest absolute Gasteiger partial charge is 0.456 e. The van der Waals surface area contributed by atoms with E-state index in [1.54, 1.807) is 35.2 Å². The van der Waals surface area contributed by atoms with Gasteiger partial charge in [-0.1, -0.05) is 79.9 Å². The number of fused-ring (bicyclic) bond motifs is 3. The molecule has 26 heteroatoms. The maximum atomic E-state index is 14.5. The Morgan fingerprint density at radius 2 is 0.913 bits per heavy atom. The minimum Gasteiger partial charge on any atom is -0.456 e. The number of terminal acetylenes is 2. The van der Waals surface area contributed by atoms with Crippen LogP contribution in [-0.2, 0) is 93.1 Å². The van der Waals surface area contributed by atoms with Crippen LogP contribution >= 0.6 is 0 Å². The van der Waals surface area contributed by atoms with Crippen LogP contribution < -0.4 is 5.64 Å². The number of rotatable bonds is 18. The number of carbonyl (C=O) groups excluding carboxylic acids is 4. The smallest absolute Gasteiger partial charge is 0.329 e. The third-order valence-electron chi connectivity index (χ3n) is 18.2. The number of piperidine rings is 1. The highest BCUT2D eigenvalue weighted by molar-refractivity contribution is 6.39. The van der Waals surface area contributed by atoms with Gasteiger partial charge in [0.15, 0.2) is 0 Å². The summed E-state index contributed by atoms with van der Waals surface area (Å²) in [7, 11) is 4.66. The molecule has 5 aliphatic rings. The van der Waals surface area contributed by atoms with E-state index in [2.05, 4.69) is 354 Å². The van der Waals surface area contributed by atoms with Gasteiger partial charge in [0.05, 0.1) is 30.5 Å². The monoisotopic (exact) mass is 1770 g/mol. The third kappa shape index (κ3) is 46.1. The molecular weight excluding hydrogens is 1610 g/mol. The summed E-state index contributed by atoms with van der Waals surface area (Å²) in [5.41, 5.74) is 3.05. The van der Waals surface area contributed by atoms with Crippen LogP contribution in [0.25, 0.3) is 0 Å². The van der Waals surface area contributed by atoms with E-state index in [1.165, 1.54) is 29.8 Å². The van der Waals surface area contributed by atoms with Crippen LogP contribution in [0.3, 0.4) is 0 Å². The van der Waals surface area contributed by atoms with Gasteiger partial charge in [0.2, 0.25) is 5.79 Å². The first-order valence-electron chi connectivity index (χ1n) is 38.4. The van der Waals surface area contributed by atoms with Crippen LogP contribution in [-0.4, -0.2) is 137 Å². The first-order chi connectivity index (χ1) is 61.3. The molecule has 2 bridgehead atoms. The molecule has 0 aromatic rings. The van der Waals surface area contributed by atoms with Gasteiger partial charge in [0.1, 0.15) is 24.0 Å². The molecule has 1 amide bonds. The SMILES string of the molecule is C#CC#CC#CC#CC#CC#CC#CC#CC#CC#CC#CC#CC#CC#CC#CC#CC#CC#CC#CC#CC#CC#CC#CC#CC#C.CO[C@H]1C[C@@H](C)C/C(C)=C/[C@@H](C/C=C/C2CCCCC2)C(=O)C[C@H](O)[C@@H](C)[C@@H](/C(C)=C/[C@@H]2CC[C@@H](O)[C@H](OC)C2)OC(=O)[C@@H]2CCCCN2C(=O)C(=O)[C@]2(O)O[C@H]1[C@@H](OC)C[C@H]2C.OOOOOONOOOOOO.[HH].[HH].[HH].[HH].[HH].[HH].[HH].[HH].[HH].[HH].[HH].[HH].[HH].[HH].[HH].[HH].[HH].[HH].[HH].[HH].[HH].[HH].[HH].[HH].[HH].[HH].[HH].[HH].[HH].[HH].[HH].[HH].[HH].[HH].[HH].[HH].[HH].[HH]. The number of aliphatic hydroxyl groups excluding tert-OH is 2. The summed E-state index contributed by atoms with van der Waals surface area (Å²) >= 11 is 0. The number of cyclic esters (lactones) is 1. The van der Waals surface area contributed by atoms with Crippen molar-refractivity contribution < 1.29 is 173 Å². The maximum Gasteiger partial charge on any atom is 0.329 e. The van der Waals surface area contributed by atoms with Gasteiger partial charge in [-0.25, -0.2) is 15.3 Å². The van der Waals surface area contributed by atoms with E-state index < -0.39 is 83.9 Å². The highest BCUT2D eigenvalue weighted by Crippen LogP contribution is 2.40. The molecule has 2 saturated carbocycles. The van der Waals surface area contributed by atoms with E-state index in [-0.39, 0.29) is 104 Å². The van der Waals surface area contributed by atoms with Gasteiger partial charge < -0.3 is 43.9 Å². The van der Waals surface area contributed by atoms with Gasteiger partial charge in [-0.15, -0.1) is 12.8 Å². The van der Waals surface area contributed by atoms with Crippen molar-refractivity contribution in [2.24, 2.45) is 35.5 Å². The van der Waals surface area contributed by atoms with Crippen LogP contribution in [0.2, 0.25) is 0 Å². The molecule has 26 nitrogen and oxygen atoms in total. The quantitative estimate of drug-likeness (QED) is 0.0141. The molecule has 2 aliphatic carbocycles. The number of ketones is 2. The van der Waals surface area contributed by atoms with Crippen LogP contribution in [0, 0.1) is 333 Å². The second kappa shape index (κ2) is 68.3. The number of hydrogen-bond acceptors (Lipinski definition) is 25. The van der Waals surface area contributed by atoms with E-state index in [9.17, 15) is 34.5 Å².